The molecule has 88 valence electrons. The van der Waals surface area contributed by atoms with E-state index in [0.717, 1.165) is 27.6 Å². The largest absolute Gasteiger partial charge is 0.497 e. The molecule has 3 heteroatoms. The van der Waals surface area contributed by atoms with E-state index in [1.807, 2.05) is 36.4 Å². The second kappa shape index (κ2) is 4.01. The van der Waals surface area contributed by atoms with Gasteiger partial charge >= 0.3 is 0 Å². The number of aromatic nitrogens is 1. The minimum atomic E-state index is 0.656. The topological polar surface area (TPSA) is 34.2 Å². The Hall–Kier alpha value is -2.60. The van der Waals surface area contributed by atoms with E-state index in [4.69, 9.17) is 15.9 Å². The highest BCUT2D eigenvalue weighted by Crippen LogP contribution is 2.30. The number of terminal acetylenes is 1. The maximum Gasteiger partial charge on any atom is 0.142 e. The summed E-state index contributed by atoms with van der Waals surface area (Å²) in [6, 6.07) is 11.7. The molecule has 2 aromatic carbocycles. The molecule has 3 aromatic rings. The number of fused-ring (bicyclic) bond motifs is 3. The number of ether oxygens (including phenoxy) is 2. The molecule has 0 saturated carbocycles. The molecule has 0 bridgehead atoms. The van der Waals surface area contributed by atoms with E-state index in [2.05, 4.69) is 11.1 Å². The second-order valence-corrected chi connectivity index (χ2v) is 3.96. The van der Waals surface area contributed by atoms with Crippen molar-refractivity contribution in [1.29, 1.82) is 0 Å². The number of nitrogens with one attached hydrogen (secondary N) is 1. The smallest absolute Gasteiger partial charge is 0.142 e. The number of methoxy groups -OCH3 is 1. The second-order valence-electron chi connectivity index (χ2n) is 3.96. The lowest BCUT2D eigenvalue weighted by Gasteiger charge is -1.98. The first kappa shape index (κ1) is 10.5. The van der Waals surface area contributed by atoms with Crippen LogP contribution in [-0.2, 0) is 0 Å². The van der Waals surface area contributed by atoms with E-state index in [1.54, 1.807) is 7.11 Å². The van der Waals surface area contributed by atoms with Crippen molar-refractivity contribution in [3.8, 4) is 24.0 Å². The van der Waals surface area contributed by atoms with Gasteiger partial charge in [-0.15, -0.1) is 0 Å². The predicted molar refractivity (Wildman–Crippen MR) is 71.8 cm³/mol. The van der Waals surface area contributed by atoms with Crippen LogP contribution in [0.15, 0.2) is 36.4 Å². The normalized spacial score (nSPS) is 10.4. The van der Waals surface area contributed by atoms with Gasteiger partial charge in [0.15, 0.2) is 0 Å². The highest BCUT2D eigenvalue weighted by atomic mass is 16.5. The summed E-state index contributed by atoms with van der Waals surface area (Å²) in [5.74, 6) is 1.48. The van der Waals surface area contributed by atoms with Crippen LogP contribution in [0.5, 0.6) is 11.5 Å². The molecule has 0 aliphatic rings. The van der Waals surface area contributed by atoms with Gasteiger partial charge in [-0.05, 0) is 24.3 Å². The van der Waals surface area contributed by atoms with Crippen LogP contribution >= 0.6 is 0 Å². The molecular formula is C15H11NO2. The van der Waals surface area contributed by atoms with Crippen molar-refractivity contribution in [3.63, 3.8) is 0 Å². The molecule has 0 aliphatic carbocycles. The number of aromatic amines is 1. The predicted octanol–water partition coefficient (Wildman–Crippen LogP) is 3.30. The standard InChI is InChI=1S/C15H11NO2/c1-3-18-11-5-7-13-12-6-4-10(17-2)8-14(12)16-15(13)9-11/h1,4-9,16H,2H3. The van der Waals surface area contributed by atoms with Crippen molar-refractivity contribution in [2.24, 2.45) is 0 Å². The number of benzene rings is 2. The zero-order chi connectivity index (χ0) is 12.5. The van der Waals surface area contributed by atoms with Gasteiger partial charge in [0, 0.05) is 22.9 Å². The number of rotatable bonds is 2. The van der Waals surface area contributed by atoms with E-state index < -0.39 is 0 Å². The van der Waals surface area contributed by atoms with Crippen LogP contribution in [-0.4, -0.2) is 12.1 Å². The van der Waals surface area contributed by atoms with Crippen LogP contribution in [0, 0.1) is 12.5 Å². The van der Waals surface area contributed by atoms with Crippen molar-refractivity contribution in [3.05, 3.63) is 36.4 Å². The molecule has 3 rings (SSSR count). The van der Waals surface area contributed by atoms with Gasteiger partial charge in [0.05, 0.1) is 18.1 Å². The van der Waals surface area contributed by atoms with Gasteiger partial charge in [-0.1, -0.05) is 6.42 Å². The molecule has 0 saturated heterocycles. The van der Waals surface area contributed by atoms with Gasteiger partial charge in [0.2, 0.25) is 0 Å². The summed E-state index contributed by atoms with van der Waals surface area (Å²) in [5, 5.41) is 2.29. The van der Waals surface area contributed by atoms with Crippen LogP contribution < -0.4 is 9.47 Å². The lowest BCUT2D eigenvalue weighted by atomic mass is 10.1. The first-order valence-corrected chi connectivity index (χ1v) is 5.54. The molecule has 0 unspecified atom stereocenters. The zero-order valence-electron chi connectivity index (χ0n) is 9.86. The van der Waals surface area contributed by atoms with Crippen LogP contribution in [0.2, 0.25) is 0 Å². The third-order valence-electron chi connectivity index (χ3n) is 2.95. The summed E-state index contributed by atoms with van der Waals surface area (Å²) in [6.07, 6.45) is 7.29. The molecule has 0 amide bonds. The SMILES string of the molecule is C#COc1ccc2c(c1)[nH]c1cc(OC)ccc12. The van der Waals surface area contributed by atoms with Crippen LogP contribution in [0.25, 0.3) is 21.8 Å². The van der Waals surface area contributed by atoms with Gasteiger partial charge in [-0.3, -0.25) is 0 Å². The summed E-state index contributed by atoms with van der Waals surface area (Å²) in [5.41, 5.74) is 2.02. The third kappa shape index (κ3) is 1.56. The maximum absolute atomic E-state index is 5.21. The van der Waals surface area contributed by atoms with E-state index in [1.165, 1.54) is 0 Å². The number of H-pyrrole nitrogens is 1. The first-order valence-electron chi connectivity index (χ1n) is 5.54. The minimum Gasteiger partial charge on any atom is -0.497 e. The molecular weight excluding hydrogens is 226 g/mol. The summed E-state index contributed by atoms with van der Waals surface area (Å²) in [6.45, 7) is 0. The summed E-state index contributed by atoms with van der Waals surface area (Å²) >= 11 is 0. The first-order chi connectivity index (χ1) is 8.81. The van der Waals surface area contributed by atoms with Gasteiger partial charge in [-0.25, -0.2) is 0 Å². The lowest BCUT2D eigenvalue weighted by molar-refractivity contribution is 0.415. The number of hydrogen-bond donors (Lipinski definition) is 1. The molecule has 0 atom stereocenters. The molecule has 0 fully saturated rings. The van der Waals surface area contributed by atoms with Crippen LogP contribution in [0.4, 0.5) is 0 Å². The van der Waals surface area contributed by atoms with E-state index in [9.17, 15) is 0 Å². The average Bonchev–Trinajstić information content (AvgIpc) is 2.75. The Bertz CT molecular complexity index is 765. The highest BCUT2D eigenvalue weighted by Gasteiger charge is 2.06. The molecule has 18 heavy (non-hydrogen) atoms. The summed E-state index contributed by atoms with van der Waals surface area (Å²) in [7, 11) is 1.66. The third-order valence-corrected chi connectivity index (χ3v) is 2.95. The molecule has 0 radical (unpaired) electrons. The molecule has 1 heterocycles. The fourth-order valence-corrected chi connectivity index (χ4v) is 2.13. The van der Waals surface area contributed by atoms with Crippen molar-refractivity contribution >= 4 is 21.8 Å². The lowest BCUT2D eigenvalue weighted by Crippen LogP contribution is -1.80. The van der Waals surface area contributed by atoms with Gasteiger partial charge < -0.3 is 14.5 Å². The zero-order valence-corrected chi connectivity index (χ0v) is 9.86. The molecule has 3 nitrogen and oxygen atoms in total. The van der Waals surface area contributed by atoms with E-state index in [0.29, 0.717) is 5.75 Å². The number of hydrogen-bond acceptors (Lipinski definition) is 2. The summed E-state index contributed by atoms with van der Waals surface area (Å²) < 4.78 is 10.2. The van der Waals surface area contributed by atoms with Crippen molar-refractivity contribution in [2.45, 2.75) is 0 Å². The van der Waals surface area contributed by atoms with Crippen LogP contribution in [0.1, 0.15) is 0 Å². The van der Waals surface area contributed by atoms with Gasteiger partial charge in [-0.2, -0.15) is 0 Å². The maximum atomic E-state index is 5.21. The molecule has 1 aromatic heterocycles. The van der Waals surface area contributed by atoms with Gasteiger partial charge in [0.25, 0.3) is 0 Å². The molecule has 0 aliphatic heterocycles. The fourth-order valence-electron chi connectivity index (χ4n) is 2.13. The molecule has 1 N–H and O–H groups in total. The van der Waals surface area contributed by atoms with E-state index >= 15 is 0 Å². The summed E-state index contributed by atoms with van der Waals surface area (Å²) in [4.78, 5) is 3.32. The Kier molecular flexibility index (Phi) is 2.35. The van der Waals surface area contributed by atoms with Crippen molar-refractivity contribution < 1.29 is 9.47 Å². The van der Waals surface area contributed by atoms with Crippen molar-refractivity contribution in [1.82, 2.24) is 4.98 Å². The van der Waals surface area contributed by atoms with Crippen LogP contribution in [0.3, 0.4) is 0 Å². The Labute approximate surface area is 104 Å². The van der Waals surface area contributed by atoms with E-state index in [-0.39, 0.29) is 0 Å². The quantitative estimate of drug-likeness (QED) is 0.694. The van der Waals surface area contributed by atoms with Crippen molar-refractivity contribution in [2.75, 3.05) is 7.11 Å². The molecule has 0 spiro atoms. The Morgan fingerprint density at radius 3 is 2.22 bits per heavy atom. The highest BCUT2D eigenvalue weighted by molar-refractivity contribution is 6.07. The Morgan fingerprint density at radius 1 is 1.00 bits per heavy atom. The average molecular weight is 237 g/mol. The Morgan fingerprint density at radius 2 is 1.61 bits per heavy atom. The fraction of sp³-hybridized carbons (Fsp3) is 0.0667. The van der Waals surface area contributed by atoms with Gasteiger partial charge in [0.1, 0.15) is 17.6 Å². The monoisotopic (exact) mass is 237 g/mol. The Balaban J connectivity index is 2.26. The minimum absolute atomic E-state index is 0.656.